The van der Waals surface area contributed by atoms with E-state index < -0.39 is 6.10 Å². The number of halogens is 3. The second-order valence-electron chi connectivity index (χ2n) is 4.05. The molecule has 0 aliphatic carbocycles. The fraction of sp³-hybridized carbons (Fsp3) is 0.143. The zero-order valence-electron chi connectivity index (χ0n) is 9.41. The van der Waals surface area contributed by atoms with Crippen LogP contribution in [0.4, 0.5) is 0 Å². The lowest BCUT2D eigenvalue weighted by molar-refractivity contribution is 0.178. The summed E-state index contributed by atoms with van der Waals surface area (Å²) in [7, 11) is 0. The van der Waals surface area contributed by atoms with Gasteiger partial charge in [-0.2, -0.15) is 0 Å². The van der Waals surface area contributed by atoms with E-state index in [9.17, 15) is 5.11 Å². The Labute approximate surface area is 130 Å². The van der Waals surface area contributed by atoms with Crippen LogP contribution in [-0.2, 0) is 6.42 Å². The normalized spacial score (nSPS) is 12.4. The van der Waals surface area contributed by atoms with Crippen molar-refractivity contribution in [1.29, 1.82) is 0 Å². The van der Waals surface area contributed by atoms with Gasteiger partial charge in [0.05, 0.1) is 6.10 Å². The SMILES string of the molecule is OC(Cc1ccc(I)cc1)c1cc(Cl)cc(Cl)c1. The highest BCUT2D eigenvalue weighted by Crippen LogP contribution is 2.25. The van der Waals surface area contributed by atoms with Gasteiger partial charge in [-0.05, 0) is 64.0 Å². The lowest BCUT2D eigenvalue weighted by Crippen LogP contribution is -2.01. The number of hydrogen-bond donors (Lipinski definition) is 1. The van der Waals surface area contributed by atoms with E-state index in [1.807, 2.05) is 24.3 Å². The predicted octanol–water partition coefficient (Wildman–Crippen LogP) is 4.87. The molecule has 1 atom stereocenters. The Morgan fingerprint density at radius 3 is 2.11 bits per heavy atom. The summed E-state index contributed by atoms with van der Waals surface area (Å²) in [6.07, 6.45) is -0.0469. The highest BCUT2D eigenvalue weighted by atomic mass is 127. The van der Waals surface area contributed by atoms with Crippen LogP contribution in [-0.4, -0.2) is 5.11 Å². The van der Waals surface area contributed by atoms with Crippen LogP contribution in [0.25, 0.3) is 0 Å². The molecule has 0 saturated carbocycles. The average Bonchev–Trinajstić information content (AvgIpc) is 2.31. The molecule has 0 saturated heterocycles. The molecule has 0 bridgehead atoms. The Kier molecular flexibility index (Phi) is 4.90. The first-order chi connectivity index (χ1) is 8.54. The molecule has 0 aliphatic rings. The molecule has 2 aromatic carbocycles. The van der Waals surface area contributed by atoms with E-state index in [4.69, 9.17) is 23.2 Å². The van der Waals surface area contributed by atoms with Crippen molar-refractivity contribution in [2.45, 2.75) is 12.5 Å². The van der Waals surface area contributed by atoms with Crippen LogP contribution in [0.5, 0.6) is 0 Å². The van der Waals surface area contributed by atoms with Crippen LogP contribution >= 0.6 is 45.8 Å². The van der Waals surface area contributed by atoms with Gasteiger partial charge in [0.25, 0.3) is 0 Å². The monoisotopic (exact) mass is 392 g/mol. The lowest BCUT2D eigenvalue weighted by atomic mass is 10.0. The summed E-state index contributed by atoms with van der Waals surface area (Å²) in [5, 5.41) is 11.3. The smallest absolute Gasteiger partial charge is 0.0831 e. The van der Waals surface area contributed by atoms with Crippen LogP contribution < -0.4 is 0 Å². The standard InChI is InChI=1S/C14H11Cl2IO/c15-11-6-10(7-12(16)8-11)14(18)5-9-1-3-13(17)4-2-9/h1-4,6-8,14,18H,5H2. The molecule has 2 aromatic rings. The first kappa shape index (κ1) is 14.1. The second-order valence-corrected chi connectivity index (χ2v) is 6.17. The molecule has 0 amide bonds. The van der Waals surface area contributed by atoms with Gasteiger partial charge in [-0.1, -0.05) is 35.3 Å². The third-order valence-corrected chi connectivity index (χ3v) is 3.77. The molecule has 0 aromatic heterocycles. The summed E-state index contributed by atoms with van der Waals surface area (Å²) >= 11 is 14.1. The summed E-state index contributed by atoms with van der Waals surface area (Å²) in [6.45, 7) is 0. The first-order valence-corrected chi connectivity index (χ1v) is 7.26. The van der Waals surface area contributed by atoms with Crippen molar-refractivity contribution in [3.05, 3.63) is 67.2 Å². The number of aliphatic hydroxyl groups is 1. The third kappa shape index (κ3) is 3.85. The van der Waals surface area contributed by atoms with E-state index in [1.165, 1.54) is 3.57 Å². The summed E-state index contributed by atoms with van der Waals surface area (Å²) in [4.78, 5) is 0. The first-order valence-electron chi connectivity index (χ1n) is 5.43. The van der Waals surface area contributed by atoms with Crippen LogP contribution in [0.15, 0.2) is 42.5 Å². The maximum Gasteiger partial charge on any atom is 0.0831 e. The predicted molar refractivity (Wildman–Crippen MR) is 84.3 cm³/mol. The minimum Gasteiger partial charge on any atom is -0.388 e. The molecule has 0 fully saturated rings. The Balaban J connectivity index is 2.16. The van der Waals surface area contributed by atoms with Gasteiger partial charge in [0, 0.05) is 20.0 Å². The molecule has 0 spiro atoms. The fourth-order valence-corrected chi connectivity index (χ4v) is 2.63. The van der Waals surface area contributed by atoms with Crippen molar-refractivity contribution < 1.29 is 5.11 Å². The van der Waals surface area contributed by atoms with Gasteiger partial charge in [0.1, 0.15) is 0 Å². The van der Waals surface area contributed by atoms with Gasteiger partial charge in [-0.15, -0.1) is 0 Å². The molecule has 1 nitrogen and oxygen atoms in total. The molecule has 4 heteroatoms. The van der Waals surface area contributed by atoms with E-state index in [1.54, 1.807) is 18.2 Å². The fourth-order valence-electron chi connectivity index (χ4n) is 1.73. The number of aliphatic hydroxyl groups excluding tert-OH is 1. The van der Waals surface area contributed by atoms with Crippen molar-refractivity contribution in [1.82, 2.24) is 0 Å². The Morgan fingerprint density at radius 2 is 1.56 bits per heavy atom. The molecule has 1 unspecified atom stereocenters. The van der Waals surface area contributed by atoms with Gasteiger partial charge in [-0.3, -0.25) is 0 Å². The Bertz CT molecular complexity index is 520. The third-order valence-electron chi connectivity index (χ3n) is 2.61. The second kappa shape index (κ2) is 6.24. The van der Waals surface area contributed by atoms with E-state index >= 15 is 0 Å². The van der Waals surface area contributed by atoms with Crippen LogP contribution in [0.2, 0.25) is 10.0 Å². The highest BCUT2D eigenvalue weighted by molar-refractivity contribution is 14.1. The maximum absolute atomic E-state index is 10.2. The zero-order chi connectivity index (χ0) is 13.1. The van der Waals surface area contributed by atoms with Gasteiger partial charge in [0.2, 0.25) is 0 Å². The molecule has 0 aliphatic heterocycles. The molecule has 18 heavy (non-hydrogen) atoms. The number of rotatable bonds is 3. The number of hydrogen-bond acceptors (Lipinski definition) is 1. The largest absolute Gasteiger partial charge is 0.388 e. The van der Waals surface area contributed by atoms with Crippen molar-refractivity contribution in [2.75, 3.05) is 0 Å². The van der Waals surface area contributed by atoms with E-state index in [-0.39, 0.29) is 0 Å². The molecular formula is C14H11Cl2IO. The summed E-state index contributed by atoms with van der Waals surface area (Å²) in [6, 6.07) is 13.2. The minimum absolute atomic E-state index is 0.541. The highest BCUT2D eigenvalue weighted by Gasteiger charge is 2.10. The zero-order valence-corrected chi connectivity index (χ0v) is 13.1. The van der Waals surface area contributed by atoms with Crippen molar-refractivity contribution in [2.24, 2.45) is 0 Å². The van der Waals surface area contributed by atoms with Crippen LogP contribution in [0, 0.1) is 3.57 Å². The molecule has 0 radical (unpaired) electrons. The molecule has 1 N–H and O–H groups in total. The van der Waals surface area contributed by atoms with Crippen molar-refractivity contribution >= 4 is 45.8 Å². The number of benzene rings is 2. The molecule has 0 heterocycles. The Morgan fingerprint density at radius 1 is 1.00 bits per heavy atom. The van der Waals surface area contributed by atoms with Crippen molar-refractivity contribution in [3.63, 3.8) is 0 Å². The van der Waals surface area contributed by atoms with E-state index in [0.29, 0.717) is 16.5 Å². The Hall–Kier alpha value is -0.290. The van der Waals surface area contributed by atoms with Crippen LogP contribution in [0.1, 0.15) is 17.2 Å². The lowest BCUT2D eigenvalue weighted by Gasteiger charge is -2.12. The quantitative estimate of drug-likeness (QED) is 0.738. The topological polar surface area (TPSA) is 20.2 Å². The van der Waals surface area contributed by atoms with Gasteiger partial charge in [0.15, 0.2) is 0 Å². The maximum atomic E-state index is 10.2. The van der Waals surface area contributed by atoms with E-state index in [2.05, 4.69) is 22.6 Å². The van der Waals surface area contributed by atoms with Crippen LogP contribution in [0.3, 0.4) is 0 Å². The minimum atomic E-state index is -0.596. The van der Waals surface area contributed by atoms with Gasteiger partial charge < -0.3 is 5.11 Å². The summed E-state index contributed by atoms with van der Waals surface area (Å²) in [5.74, 6) is 0. The molecule has 94 valence electrons. The van der Waals surface area contributed by atoms with Gasteiger partial charge in [-0.25, -0.2) is 0 Å². The van der Waals surface area contributed by atoms with Gasteiger partial charge >= 0.3 is 0 Å². The molecule has 2 rings (SSSR count). The summed E-state index contributed by atoms with van der Waals surface area (Å²) < 4.78 is 1.18. The average molecular weight is 393 g/mol. The molecular weight excluding hydrogens is 382 g/mol. The van der Waals surface area contributed by atoms with E-state index in [0.717, 1.165) is 11.1 Å². The summed E-state index contributed by atoms with van der Waals surface area (Å²) in [5.41, 5.74) is 1.82. The van der Waals surface area contributed by atoms with Crippen molar-refractivity contribution in [3.8, 4) is 0 Å².